The van der Waals surface area contributed by atoms with E-state index in [1.165, 1.54) is 0 Å². The van der Waals surface area contributed by atoms with Gasteiger partial charge in [-0.05, 0) is 23.1 Å². The van der Waals surface area contributed by atoms with Crippen molar-refractivity contribution in [3.63, 3.8) is 0 Å². The summed E-state index contributed by atoms with van der Waals surface area (Å²) in [7, 11) is 0. The number of amides is 1. The molecule has 4 rings (SSSR count). The second kappa shape index (κ2) is 6.34. The molecule has 118 valence electrons. The van der Waals surface area contributed by atoms with Gasteiger partial charge in [-0.25, -0.2) is 0 Å². The van der Waals surface area contributed by atoms with Crippen LogP contribution >= 0.6 is 11.3 Å². The highest BCUT2D eigenvalue weighted by Crippen LogP contribution is 2.34. The van der Waals surface area contributed by atoms with Gasteiger partial charge in [0, 0.05) is 15.8 Å². The summed E-state index contributed by atoms with van der Waals surface area (Å²) in [6.45, 7) is 0.502. The zero-order valence-electron chi connectivity index (χ0n) is 12.9. The molecule has 4 heteroatoms. The molecule has 0 fully saturated rings. The van der Waals surface area contributed by atoms with Gasteiger partial charge in [-0.3, -0.25) is 4.79 Å². The Bertz CT molecular complexity index is 971. The van der Waals surface area contributed by atoms with E-state index in [4.69, 9.17) is 4.42 Å². The Labute approximate surface area is 143 Å². The largest absolute Gasteiger partial charge is 0.450 e. The predicted molar refractivity (Wildman–Crippen MR) is 97.1 cm³/mol. The third kappa shape index (κ3) is 2.72. The van der Waals surface area contributed by atoms with Gasteiger partial charge in [0.05, 0.1) is 6.54 Å². The maximum atomic E-state index is 12.7. The molecule has 24 heavy (non-hydrogen) atoms. The third-order valence-corrected chi connectivity index (χ3v) is 4.74. The van der Waals surface area contributed by atoms with E-state index in [-0.39, 0.29) is 5.91 Å². The fraction of sp³-hybridized carbons (Fsp3) is 0.0500. The van der Waals surface area contributed by atoms with Crippen molar-refractivity contribution < 1.29 is 9.21 Å². The van der Waals surface area contributed by atoms with Crippen molar-refractivity contribution in [2.24, 2.45) is 0 Å². The van der Waals surface area contributed by atoms with Gasteiger partial charge in [-0.2, -0.15) is 0 Å². The molecule has 0 radical (unpaired) electrons. The van der Waals surface area contributed by atoms with Crippen LogP contribution in [-0.2, 0) is 6.54 Å². The molecule has 2 aromatic heterocycles. The quantitative estimate of drug-likeness (QED) is 0.565. The van der Waals surface area contributed by atoms with Gasteiger partial charge in [0.25, 0.3) is 5.91 Å². The first-order chi connectivity index (χ1) is 11.8. The Kier molecular flexibility index (Phi) is 3.89. The minimum absolute atomic E-state index is 0.196. The maximum Gasteiger partial charge on any atom is 0.287 e. The number of para-hydroxylation sites is 1. The van der Waals surface area contributed by atoms with Gasteiger partial charge in [0.15, 0.2) is 0 Å². The van der Waals surface area contributed by atoms with Crippen molar-refractivity contribution in [2.45, 2.75) is 6.54 Å². The van der Waals surface area contributed by atoms with Crippen molar-refractivity contribution in [3.05, 3.63) is 82.7 Å². The maximum absolute atomic E-state index is 12.7. The van der Waals surface area contributed by atoms with Gasteiger partial charge < -0.3 is 9.73 Å². The van der Waals surface area contributed by atoms with E-state index in [0.29, 0.717) is 12.3 Å². The van der Waals surface area contributed by atoms with Crippen LogP contribution in [0.4, 0.5) is 0 Å². The number of benzene rings is 2. The molecule has 1 N–H and O–H groups in total. The number of furan rings is 1. The summed E-state index contributed by atoms with van der Waals surface area (Å²) in [5, 5.41) is 5.90. The highest BCUT2D eigenvalue weighted by molar-refractivity contribution is 7.09. The summed E-state index contributed by atoms with van der Waals surface area (Å²) in [5.74, 6) is 0.164. The lowest BCUT2D eigenvalue weighted by Gasteiger charge is -2.05. The van der Waals surface area contributed by atoms with Crippen LogP contribution in [0.15, 0.2) is 76.5 Å². The van der Waals surface area contributed by atoms with Crippen molar-refractivity contribution in [1.82, 2.24) is 5.32 Å². The van der Waals surface area contributed by atoms with Gasteiger partial charge in [0.1, 0.15) is 5.58 Å². The summed E-state index contributed by atoms with van der Waals surface area (Å²) < 4.78 is 5.88. The minimum atomic E-state index is -0.196. The smallest absolute Gasteiger partial charge is 0.287 e. The van der Waals surface area contributed by atoms with Crippen LogP contribution in [0.25, 0.3) is 22.1 Å². The molecular formula is C20H15NO2S. The number of nitrogens with one attached hydrogen (secondary N) is 1. The number of hydrogen-bond acceptors (Lipinski definition) is 3. The first kappa shape index (κ1) is 14.7. The van der Waals surface area contributed by atoms with Gasteiger partial charge in [-0.15, -0.1) is 11.3 Å². The van der Waals surface area contributed by atoms with Crippen LogP contribution in [0.5, 0.6) is 0 Å². The molecule has 2 heterocycles. The fourth-order valence-corrected chi connectivity index (χ4v) is 3.40. The molecule has 0 unspecified atom stereocenters. The second-order valence-corrected chi connectivity index (χ2v) is 6.46. The van der Waals surface area contributed by atoms with E-state index in [0.717, 1.165) is 27.0 Å². The molecule has 0 aliphatic rings. The number of thiophene rings is 1. The molecule has 2 aromatic carbocycles. The molecule has 4 aromatic rings. The molecule has 1 amide bonds. The third-order valence-electron chi connectivity index (χ3n) is 3.87. The summed E-state index contributed by atoms with van der Waals surface area (Å²) in [4.78, 5) is 13.8. The van der Waals surface area contributed by atoms with Gasteiger partial charge in [0.2, 0.25) is 5.76 Å². The van der Waals surface area contributed by atoms with Crippen LogP contribution in [-0.4, -0.2) is 5.91 Å². The van der Waals surface area contributed by atoms with E-state index in [1.54, 1.807) is 11.3 Å². The monoisotopic (exact) mass is 333 g/mol. The Morgan fingerprint density at radius 2 is 1.75 bits per heavy atom. The number of carbonyl (C=O) groups is 1. The summed E-state index contributed by atoms with van der Waals surface area (Å²) >= 11 is 1.62. The van der Waals surface area contributed by atoms with Crippen molar-refractivity contribution >= 4 is 28.2 Å². The Balaban J connectivity index is 1.75. The number of carbonyl (C=O) groups excluding carboxylic acids is 1. The fourth-order valence-electron chi connectivity index (χ4n) is 2.76. The summed E-state index contributed by atoms with van der Waals surface area (Å²) in [6.07, 6.45) is 0. The predicted octanol–water partition coefficient (Wildman–Crippen LogP) is 5.09. The molecule has 0 bridgehead atoms. The standard InChI is InChI=1S/C20H15NO2S/c22-20(21-13-15-9-6-12-24-15)19-18(14-7-2-1-3-8-14)16-10-4-5-11-17(16)23-19/h1-12H,13H2,(H,21,22). The zero-order chi connectivity index (χ0) is 16.4. The highest BCUT2D eigenvalue weighted by Gasteiger charge is 2.21. The first-order valence-electron chi connectivity index (χ1n) is 7.70. The number of hydrogen-bond donors (Lipinski definition) is 1. The molecule has 0 aliphatic carbocycles. The highest BCUT2D eigenvalue weighted by atomic mass is 32.1. The van der Waals surface area contributed by atoms with Crippen LogP contribution < -0.4 is 5.32 Å². The van der Waals surface area contributed by atoms with Crippen molar-refractivity contribution in [1.29, 1.82) is 0 Å². The SMILES string of the molecule is O=C(NCc1cccs1)c1oc2ccccc2c1-c1ccccc1. The summed E-state index contributed by atoms with van der Waals surface area (Å²) in [5.41, 5.74) is 2.54. The lowest BCUT2D eigenvalue weighted by molar-refractivity contribution is 0.0926. The Hall–Kier alpha value is -2.85. The van der Waals surface area contributed by atoms with Crippen LogP contribution in [0, 0.1) is 0 Å². The van der Waals surface area contributed by atoms with Gasteiger partial charge >= 0.3 is 0 Å². The average Bonchev–Trinajstić information content (AvgIpc) is 3.28. The minimum Gasteiger partial charge on any atom is -0.450 e. The second-order valence-electron chi connectivity index (χ2n) is 5.43. The van der Waals surface area contributed by atoms with E-state index < -0.39 is 0 Å². The van der Waals surface area contributed by atoms with E-state index in [9.17, 15) is 4.79 Å². The molecule has 0 saturated carbocycles. The Morgan fingerprint density at radius 1 is 0.958 bits per heavy atom. The molecule has 3 nitrogen and oxygen atoms in total. The molecule has 0 saturated heterocycles. The van der Waals surface area contributed by atoms with E-state index >= 15 is 0 Å². The summed E-state index contributed by atoms with van der Waals surface area (Å²) in [6, 6.07) is 21.6. The number of rotatable bonds is 4. The first-order valence-corrected chi connectivity index (χ1v) is 8.58. The van der Waals surface area contributed by atoms with Crippen LogP contribution in [0.2, 0.25) is 0 Å². The van der Waals surface area contributed by atoms with Crippen LogP contribution in [0.3, 0.4) is 0 Å². The number of fused-ring (bicyclic) bond motifs is 1. The lowest BCUT2D eigenvalue weighted by Crippen LogP contribution is -2.22. The van der Waals surface area contributed by atoms with Crippen LogP contribution in [0.1, 0.15) is 15.4 Å². The van der Waals surface area contributed by atoms with Crippen molar-refractivity contribution in [2.75, 3.05) is 0 Å². The van der Waals surface area contributed by atoms with E-state index in [2.05, 4.69) is 5.32 Å². The molecule has 0 aliphatic heterocycles. The topological polar surface area (TPSA) is 42.2 Å². The van der Waals surface area contributed by atoms with Crippen molar-refractivity contribution in [3.8, 4) is 11.1 Å². The average molecular weight is 333 g/mol. The molecule has 0 atom stereocenters. The Morgan fingerprint density at radius 3 is 2.54 bits per heavy atom. The zero-order valence-corrected chi connectivity index (χ0v) is 13.7. The van der Waals surface area contributed by atoms with Gasteiger partial charge in [-0.1, -0.05) is 54.6 Å². The lowest BCUT2D eigenvalue weighted by atomic mass is 10.0. The molecule has 0 spiro atoms. The normalized spacial score (nSPS) is 10.8. The van der Waals surface area contributed by atoms with E-state index in [1.807, 2.05) is 72.1 Å². The molecular weight excluding hydrogens is 318 g/mol.